The monoisotopic (exact) mass is 331 g/mol. The number of anilines is 1. The molecule has 0 amide bonds. The van der Waals surface area contributed by atoms with Gasteiger partial charge in [-0.15, -0.1) is 0 Å². The summed E-state index contributed by atoms with van der Waals surface area (Å²) in [6.07, 6.45) is 1.06. The average molecular weight is 331 g/mol. The van der Waals surface area contributed by atoms with Crippen LogP contribution in [-0.2, 0) is 26.5 Å². The lowest BCUT2D eigenvalue weighted by Gasteiger charge is -2.06. The molecule has 21 heavy (non-hydrogen) atoms. The molecule has 7 nitrogen and oxygen atoms in total. The summed E-state index contributed by atoms with van der Waals surface area (Å²) in [6.45, 7) is -0.404. The molecule has 0 saturated heterocycles. The number of benzene rings is 1. The number of sulfonamides is 1. The number of nitrogens with one attached hydrogen (secondary N) is 1. The SMILES string of the molecule is CS(=O)(=O)c1ccc(NS(=O)(=O)c2ccc(CO)o2)cc1. The maximum atomic E-state index is 12.0. The smallest absolute Gasteiger partial charge is 0.295 e. The molecule has 2 rings (SSSR count). The van der Waals surface area contributed by atoms with E-state index >= 15 is 0 Å². The zero-order valence-electron chi connectivity index (χ0n) is 11.0. The molecule has 0 unspecified atom stereocenters. The Balaban J connectivity index is 2.24. The first kappa shape index (κ1) is 15.5. The van der Waals surface area contributed by atoms with Crippen molar-refractivity contribution >= 4 is 25.5 Å². The Bertz CT molecular complexity index is 834. The summed E-state index contributed by atoms with van der Waals surface area (Å²) >= 11 is 0. The molecule has 0 fully saturated rings. The highest BCUT2D eigenvalue weighted by Crippen LogP contribution is 2.20. The van der Waals surface area contributed by atoms with E-state index in [1.807, 2.05) is 0 Å². The van der Waals surface area contributed by atoms with Gasteiger partial charge in [-0.05, 0) is 36.4 Å². The van der Waals surface area contributed by atoms with Gasteiger partial charge in [0.05, 0.1) is 4.90 Å². The zero-order valence-corrected chi connectivity index (χ0v) is 12.6. The lowest BCUT2D eigenvalue weighted by Crippen LogP contribution is -2.12. The van der Waals surface area contributed by atoms with E-state index in [0.717, 1.165) is 6.26 Å². The lowest BCUT2D eigenvalue weighted by atomic mass is 10.3. The predicted octanol–water partition coefficient (Wildman–Crippen LogP) is 0.976. The van der Waals surface area contributed by atoms with Crippen LogP contribution in [0.3, 0.4) is 0 Å². The Morgan fingerprint density at radius 2 is 1.67 bits per heavy atom. The number of aliphatic hydroxyl groups is 1. The molecular weight excluding hydrogens is 318 g/mol. The van der Waals surface area contributed by atoms with Crippen LogP contribution in [0.1, 0.15) is 5.76 Å². The first-order valence-corrected chi connectivity index (χ1v) is 9.12. The Hall–Kier alpha value is -1.84. The molecule has 0 saturated carbocycles. The van der Waals surface area contributed by atoms with Crippen LogP contribution in [0.2, 0.25) is 0 Å². The Labute approximate surface area is 122 Å². The summed E-state index contributed by atoms with van der Waals surface area (Å²) in [5, 5.41) is 8.51. The van der Waals surface area contributed by atoms with E-state index in [4.69, 9.17) is 9.52 Å². The normalized spacial score (nSPS) is 12.3. The Morgan fingerprint density at radius 1 is 1.05 bits per heavy atom. The molecule has 0 aliphatic heterocycles. The first-order chi connectivity index (χ1) is 9.72. The molecule has 1 heterocycles. The van der Waals surface area contributed by atoms with Crippen molar-refractivity contribution in [2.45, 2.75) is 16.6 Å². The standard InChI is InChI=1S/C12H13NO6S2/c1-20(15,16)11-5-2-9(3-6-11)13-21(17,18)12-7-4-10(8-14)19-12/h2-7,13-14H,8H2,1H3. The highest BCUT2D eigenvalue weighted by atomic mass is 32.2. The minimum atomic E-state index is -3.93. The van der Waals surface area contributed by atoms with Crippen molar-refractivity contribution < 1.29 is 26.4 Å². The van der Waals surface area contributed by atoms with Crippen LogP contribution < -0.4 is 4.72 Å². The van der Waals surface area contributed by atoms with Crippen LogP contribution in [-0.4, -0.2) is 28.2 Å². The fourth-order valence-corrected chi connectivity index (χ4v) is 3.20. The molecule has 0 radical (unpaired) electrons. The minimum Gasteiger partial charge on any atom is -0.445 e. The van der Waals surface area contributed by atoms with Crippen LogP contribution in [0, 0.1) is 0 Å². The van der Waals surface area contributed by atoms with E-state index < -0.39 is 26.5 Å². The topological polar surface area (TPSA) is 114 Å². The Kier molecular flexibility index (Phi) is 4.08. The number of aliphatic hydroxyl groups excluding tert-OH is 1. The van der Waals surface area contributed by atoms with Gasteiger partial charge in [0.2, 0.25) is 5.09 Å². The molecule has 0 aliphatic carbocycles. The Morgan fingerprint density at radius 3 is 2.14 bits per heavy atom. The highest BCUT2D eigenvalue weighted by Gasteiger charge is 2.19. The maximum Gasteiger partial charge on any atom is 0.295 e. The van der Waals surface area contributed by atoms with Crippen molar-refractivity contribution in [1.82, 2.24) is 0 Å². The second-order valence-electron chi connectivity index (χ2n) is 4.28. The van der Waals surface area contributed by atoms with Gasteiger partial charge >= 0.3 is 0 Å². The van der Waals surface area contributed by atoms with Gasteiger partial charge in [-0.2, -0.15) is 8.42 Å². The van der Waals surface area contributed by atoms with Gasteiger partial charge in [0.15, 0.2) is 9.84 Å². The molecule has 2 N–H and O–H groups in total. The molecule has 2 aromatic rings. The van der Waals surface area contributed by atoms with Crippen LogP contribution in [0.4, 0.5) is 5.69 Å². The van der Waals surface area contributed by atoms with Crippen LogP contribution >= 0.6 is 0 Å². The van der Waals surface area contributed by atoms with E-state index in [1.165, 1.54) is 36.4 Å². The molecule has 114 valence electrons. The quantitative estimate of drug-likeness (QED) is 0.844. The van der Waals surface area contributed by atoms with Crippen molar-refractivity contribution in [2.75, 3.05) is 11.0 Å². The minimum absolute atomic E-state index is 0.0889. The third-order valence-electron chi connectivity index (χ3n) is 2.59. The summed E-state index contributed by atoms with van der Waals surface area (Å²) in [6, 6.07) is 7.84. The van der Waals surface area contributed by atoms with Gasteiger partial charge in [-0.25, -0.2) is 8.42 Å². The zero-order chi connectivity index (χ0) is 15.7. The van der Waals surface area contributed by atoms with E-state index in [9.17, 15) is 16.8 Å². The van der Waals surface area contributed by atoms with E-state index in [2.05, 4.69) is 4.72 Å². The van der Waals surface area contributed by atoms with Crippen molar-refractivity contribution in [3.63, 3.8) is 0 Å². The van der Waals surface area contributed by atoms with E-state index in [-0.39, 0.29) is 21.4 Å². The summed E-state index contributed by atoms with van der Waals surface area (Å²) in [5.41, 5.74) is 0.198. The first-order valence-electron chi connectivity index (χ1n) is 5.75. The van der Waals surface area contributed by atoms with Gasteiger partial charge in [0.1, 0.15) is 12.4 Å². The van der Waals surface area contributed by atoms with Crippen molar-refractivity contribution in [1.29, 1.82) is 0 Å². The summed E-state index contributed by atoms with van der Waals surface area (Å²) < 4.78 is 53.8. The third kappa shape index (κ3) is 3.63. The molecule has 0 atom stereocenters. The van der Waals surface area contributed by atoms with Crippen LogP contribution in [0.15, 0.2) is 50.8 Å². The number of rotatable bonds is 5. The predicted molar refractivity (Wildman–Crippen MR) is 75.0 cm³/mol. The molecule has 9 heteroatoms. The molecule has 0 aliphatic rings. The summed E-state index contributed by atoms with van der Waals surface area (Å²) in [7, 11) is -7.27. The van der Waals surface area contributed by atoms with E-state index in [1.54, 1.807) is 0 Å². The van der Waals surface area contributed by atoms with Gasteiger partial charge in [-0.3, -0.25) is 4.72 Å². The number of hydrogen-bond donors (Lipinski definition) is 2. The molecular formula is C12H13NO6S2. The largest absolute Gasteiger partial charge is 0.445 e. The van der Waals surface area contributed by atoms with Gasteiger partial charge in [0.25, 0.3) is 10.0 Å². The van der Waals surface area contributed by atoms with Crippen molar-refractivity contribution in [3.05, 3.63) is 42.2 Å². The van der Waals surface area contributed by atoms with Gasteiger partial charge < -0.3 is 9.52 Å². The lowest BCUT2D eigenvalue weighted by molar-refractivity contribution is 0.236. The molecule has 0 spiro atoms. The highest BCUT2D eigenvalue weighted by molar-refractivity contribution is 7.92. The third-order valence-corrected chi connectivity index (χ3v) is 4.97. The molecule has 1 aromatic heterocycles. The van der Waals surface area contributed by atoms with E-state index in [0.29, 0.717) is 0 Å². The van der Waals surface area contributed by atoms with Gasteiger partial charge in [-0.1, -0.05) is 0 Å². The van der Waals surface area contributed by atoms with Crippen LogP contribution in [0.5, 0.6) is 0 Å². The maximum absolute atomic E-state index is 12.0. The molecule has 0 bridgehead atoms. The molecule has 1 aromatic carbocycles. The number of sulfone groups is 1. The second kappa shape index (κ2) is 5.51. The fraction of sp³-hybridized carbons (Fsp3) is 0.167. The average Bonchev–Trinajstić information content (AvgIpc) is 2.87. The van der Waals surface area contributed by atoms with Crippen LogP contribution in [0.25, 0.3) is 0 Å². The van der Waals surface area contributed by atoms with Crippen molar-refractivity contribution in [3.8, 4) is 0 Å². The fourth-order valence-electron chi connectivity index (χ4n) is 1.56. The number of hydrogen-bond acceptors (Lipinski definition) is 6. The van der Waals surface area contributed by atoms with Gasteiger partial charge in [0, 0.05) is 11.9 Å². The summed E-state index contributed by atoms with van der Waals surface area (Å²) in [5.74, 6) is 0.128. The summed E-state index contributed by atoms with van der Waals surface area (Å²) in [4.78, 5) is 0.0889. The number of furan rings is 1. The van der Waals surface area contributed by atoms with Crippen molar-refractivity contribution in [2.24, 2.45) is 0 Å². The second-order valence-corrected chi connectivity index (χ2v) is 7.91.